The van der Waals surface area contributed by atoms with Crippen LogP contribution in [0.1, 0.15) is 53.4 Å². The van der Waals surface area contributed by atoms with Crippen molar-refractivity contribution in [2.45, 2.75) is 53.4 Å². The topological polar surface area (TPSA) is 23.5 Å². The molecule has 2 heteroatoms. The molecular formula is C12H27NO. The molecule has 0 aliphatic heterocycles. The van der Waals surface area contributed by atoms with Crippen LogP contribution >= 0.6 is 0 Å². The first-order chi connectivity index (χ1) is 6.60. The summed E-state index contributed by atoms with van der Waals surface area (Å²) in [7, 11) is 0. The van der Waals surface area contributed by atoms with E-state index >= 15 is 0 Å². The van der Waals surface area contributed by atoms with Crippen LogP contribution in [-0.2, 0) is 0 Å². The summed E-state index contributed by atoms with van der Waals surface area (Å²) in [5.41, 5.74) is 0. The average Bonchev–Trinajstić information content (AvgIpc) is 2.03. The second-order valence-corrected chi connectivity index (χ2v) is 4.66. The molecule has 0 aromatic carbocycles. The number of hydroxylamine groups is 2. The Labute approximate surface area is 89.3 Å². The summed E-state index contributed by atoms with van der Waals surface area (Å²) in [6, 6.07) is 0. The Kier molecular flexibility index (Phi) is 8.20. The van der Waals surface area contributed by atoms with Crippen molar-refractivity contribution in [1.29, 1.82) is 0 Å². The molecule has 0 heterocycles. The zero-order valence-corrected chi connectivity index (χ0v) is 10.3. The van der Waals surface area contributed by atoms with Gasteiger partial charge in [0, 0.05) is 13.1 Å². The predicted molar refractivity (Wildman–Crippen MR) is 61.5 cm³/mol. The first-order valence-electron chi connectivity index (χ1n) is 6.03. The molecule has 0 aliphatic carbocycles. The molecule has 14 heavy (non-hydrogen) atoms. The molecule has 2 unspecified atom stereocenters. The van der Waals surface area contributed by atoms with E-state index in [4.69, 9.17) is 0 Å². The molecular weight excluding hydrogens is 174 g/mol. The number of rotatable bonds is 8. The minimum absolute atomic E-state index is 0.610. The van der Waals surface area contributed by atoms with Crippen molar-refractivity contribution in [3.8, 4) is 0 Å². The summed E-state index contributed by atoms with van der Waals surface area (Å²) < 4.78 is 0. The zero-order valence-electron chi connectivity index (χ0n) is 10.3. The first kappa shape index (κ1) is 13.9. The maximum Gasteiger partial charge on any atom is 0.0263 e. The molecule has 0 bridgehead atoms. The monoisotopic (exact) mass is 201 g/mol. The van der Waals surface area contributed by atoms with Gasteiger partial charge in [-0.05, 0) is 24.7 Å². The van der Waals surface area contributed by atoms with Crippen molar-refractivity contribution in [1.82, 2.24) is 5.06 Å². The molecule has 86 valence electrons. The molecule has 0 aliphatic rings. The van der Waals surface area contributed by atoms with Gasteiger partial charge in [-0.2, -0.15) is 5.06 Å². The Morgan fingerprint density at radius 2 is 1.29 bits per heavy atom. The second kappa shape index (κ2) is 8.25. The van der Waals surface area contributed by atoms with E-state index in [9.17, 15) is 5.21 Å². The fraction of sp³-hybridized carbons (Fsp3) is 1.00. The lowest BCUT2D eigenvalue weighted by atomic mass is 10.0. The minimum atomic E-state index is 0.610. The van der Waals surface area contributed by atoms with Crippen LogP contribution in [-0.4, -0.2) is 23.4 Å². The molecule has 1 N–H and O–H groups in total. The largest absolute Gasteiger partial charge is 0.314 e. The number of hydrogen-bond acceptors (Lipinski definition) is 2. The van der Waals surface area contributed by atoms with Gasteiger partial charge in [0.1, 0.15) is 0 Å². The highest BCUT2D eigenvalue weighted by Gasteiger charge is 2.10. The summed E-state index contributed by atoms with van der Waals surface area (Å²) in [6.07, 6.45) is 4.83. The molecule has 0 aromatic rings. The van der Waals surface area contributed by atoms with Gasteiger partial charge in [0.2, 0.25) is 0 Å². The molecule has 0 fully saturated rings. The van der Waals surface area contributed by atoms with Crippen molar-refractivity contribution in [2.75, 3.05) is 13.1 Å². The third-order valence-electron chi connectivity index (χ3n) is 2.61. The van der Waals surface area contributed by atoms with E-state index in [-0.39, 0.29) is 0 Å². The quantitative estimate of drug-likeness (QED) is 0.607. The van der Waals surface area contributed by atoms with E-state index in [0.717, 1.165) is 13.1 Å². The zero-order chi connectivity index (χ0) is 11.0. The van der Waals surface area contributed by atoms with Crippen molar-refractivity contribution < 1.29 is 5.21 Å². The predicted octanol–water partition coefficient (Wildman–Crippen LogP) is 3.55. The van der Waals surface area contributed by atoms with E-state index < -0.39 is 0 Å². The first-order valence-corrected chi connectivity index (χ1v) is 6.03. The summed E-state index contributed by atoms with van der Waals surface area (Å²) in [6.45, 7) is 10.4. The molecule has 0 saturated heterocycles. The Hall–Kier alpha value is -0.0800. The molecule has 2 atom stereocenters. The molecule has 0 radical (unpaired) electrons. The van der Waals surface area contributed by atoms with E-state index in [1.54, 1.807) is 0 Å². The molecule has 0 spiro atoms. The summed E-state index contributed by atoms with van der Waals surface area (Å²) >= 11 is 0. The van der Waals surface area contributed by atoms with Crippen LogP contribution in [0.3, 0.4) is 0 Å². The van der Waals surface area contributed by atoms with Gasteiger partial charge >= 0.3 is 0 Å². The van der Waals surface area contributed by atoms with Gasteiger partial charge < -0.3 is 5.21 Å². The fourth-order valence-electron chi connectivity index (χ4n) is 1.96. The Morgan fingerprint density at radius 1 is 0.929 bits per heavy atom. The Morgan fingerprint density at radius 3 is 1.57 bits per heavy atom. The molecule has 0 saturated carbocycles. The van der Waals surface area contributed by atoms with Gasteiger partial charge in [0.15, 0.2) is 0 Å². The maximum absolute atomic E-state index is 9.68. The summed E-state index contributed by atoms with van der Waals surface area (Å²) in [4.78, 5) is 0. The maximum atomic E-state index is 9.68. The number of nitrogens with zero attached hydrogens (tertiary/aromatic N) is 1. The van der Waals surface area contributed by atoms with Gasteiger partial charge in [-0.3, -0.25) is 0 Å². The van der Waals surface area contributed by atoms with Crippen molar-refractivity contribution in [3.05, 3.63) is 0 Å². The molecule has 2 nitrogen and oxygen atoms in total. The standard InChI is InChI=1S/C12H27NO/c1-5-7-11(3)9-13(14)10-12(4)8-6-2/h11-12,14H,5-10H2,1-4H3. The van der Waals surface area contributed by atoms with E-state index in [2.05, 4.69) is 27.7 Å². The highest BCUT2D eigenvalue weighted by Crippen LogP contribution is 2.10. The van der Waals surface area contributed by atoms with Gasteiger partial charge in [-0.1, -0.05) is 40.5 Å². The van der Waals surface area contributed by atoms with Gasteiger partial charge in [-0.25, -0.2) is 0 Å². The lowest BCUT2D eigenvalue weighted by molar-refractivity contribution is -0.110. The third kappa shape index (κ3) is 7.34. The second-order valence-electron chi connectivity index (χ2n) is 4.66. The Bertz CT molecular complexity index is 113. The lowest BCUT2D eigenvalue weighted by Gasteiger charge is -2.22. The van der Waals surface area contributed by atoms with Crippen LogP contribution in [0.25, 0.3) is 0 Å². The van der Waals surface area contributed by atoms with Crippen LogP contribution in [0, 0.1) is 11.8 Å². The lowest BCUT2D eigenvalue weighted by Crippen LogP contribution is -2.29. The van der Waals surface area contributed by atoms with Crippen LogP contribution in [0.5, 0.6) is 0 Å². The summed E-state index contributed by atoms with van der Waals surface area (Å²) in [5, 5.41) is 11.2. The summed E-state index contributed by atoms with van der Waals surface area (Å²) in [5.74, 6) is 1.22. The SMILES string of the molecule is CCCC(C)CN(O)CC(C)CCC. The number of hydrogen-bond donors (Lipinski definition) is 1. The van der Waals surface area contributed by atoms with Crippen molar-refractivity contribution in [2.24, 2.45) is 11.8 Å². The molecule has 0 rings (SSSR count). The fourth-order valence-corrected chi connectivity index (χ4v) is 1.96. The van der Waals surface area contributed by atoms with Crippen molar-refractivity contribution in [3.63, 3.8) is 0 Å². The van der Waals surface area contributed by atoms with Gasteiger partial charge in [0.05, 0.1) is 0 Å². The van der Waals surface area contributed by atoms with Crippen LogP contribution < -0.4 is 0 Å². The van der Waals surface area contributed by atoms with Crippen LogP contribution in [0.4, 0.5) is 0 Å². The smallest absolute Gasteiger partial charge is 0.0263 e. The third-order valence-corrected chi connectivity index (χ3v) is 2.61. The van der Waals surface area contributed by atoms with Crippen molar-refractivity contribution >= 4 is 0 Å². The van der Waals surface area contributed by atoms with E-state index in [1.165, 1.54) is 30.7 Å². The van der Waals surface area contributed by atoms with Crippen LogP contribution in [0.2, 0.25) is 0 Å². The van der Waals surface area contributed by atoms with E-state index in [1.807, 2.05) is 0 Å². The normalized spacial score (nSPS) is 15.9. The van der Waals surface area contributed by atoms with Gasteiger partial charge in [0.25, 0.3) is 0 Å². The highest BCUT2D eigenvalue weighted by molar-refractivity contribution is 4.59. The van der Waals surface area contributed by atoms with E-state index in [0.29, 0.717) is 11.8 Å². The minimum Gasteiger partial charge on any atom is -0.314 e. The Balaban J connectivity index is 3.57. The molecule has 0 amide bonds. The van der Waals surface area contributed by atoms with Crippen LogP contribution in [0.15, 0.2) is 0 Å². The molecule has 0 aromatic heterocycles. The average molecular weight is 201 g/mol. The van der Waals surface area contributed by atoms with Gasteiger partial charge in [-0.15, -0.1) is 0 Å². The highest BCUT2D eigenvalue weighted by atomic mass is 16.5.